The highest BCUT2D eigenvalue weighted by atomic mass is 16.5. The van der Waals surface area contributed by atoms with Gasteiger partial charge in [0.05, 0.1) is 12.6 Å². The molecule has 0 bridgehead atoms. The minimum Gasteiger partial charge on any atom is -0.463 e. The Hall–Kier alpha value is -1.89. The van der Waals surface area contributed by atoms with Crippen molar-refractivity contribution in [1.29, 1.82) is 0 Å². The third-order valence-corrected chi connectivity index (χ3v) is 5.52. The molecular weight excluding hydrogens is 370 g/mol. The minimum atomic E-state index is -0.658. The number of hydrogen-bond donors (Lipinski definition) is 1. The fourth-order valence-corrected chi connectivity index (χ4v) is 3.48. The standard InChI is InChI=1S/C22H39N3O4/c1-9-29-21(28)15(2)14-16(3)25(8)20(27)18(22(4,5)6)23-19(26)17-12-10-11-13-24(17)7/h14,16-18H,9-13H2,1-8H3,(H,23,26)/b15-14+/t16-,17?,18?/m0/s1. The fraction of sp³-hybridized carbons (Fsp3) is 0.773. The van der Waals surface area contributed by atoms with Crippen LogP contribution in [-0.2, 0) is 19.1 Å². The summed E-state index contributed by atoms with van der Waals surface area (Å²) in [6.45, 7) is 12.3. The van der Waals surface area contributed by atoms with Crippen LogP contribution in [0.1, 0.15) is 60.8 Å². The monoisotopic (exact) mass is 409 g/mol. The van der Waals surface area contributed by atoms with Gasteiger partial charge in [0.1, 0.15) is 6.04 Å². The van der Waals surface area contributed by atoms with Gasteiger partial charge in [0.15, 0.2) is 0 Å². The fourth-order valence-electron chi connectivity index (χ4n) is 3.48. The Morgan fingerprint density at radius 2 is 1.90 bits per heavy atom. The highest BCUT2D eigenvalue weighted by Gasteiger charge is 2.38. The molecule has 7 heteroatoms. The van der Waals surface area contributed by atoms with E-state index in [9.17, 15) is 14.4 Å². The zero-order valence-electron chi connectivity index (χ0n) is 19.4. The van der Waals surface area contributed by atoms with Crippen LogP contribution in [0.3, 0.4) is 0 Å². The number of amides is 2. The van der Waals surface area contributed by atoms with Gasteiger partial charge in [-0.3, -0.25) is 14.5 Å². The van der Waals surface area contributed by atoms with Crippen LogP contribution in [0.5, 0.6) is 0 Å². The Bertz CT molecular complexity index is 624. The van der Waals surface area contributed by atoms with E-state index in [-0.39, 0.29) is 29.9 Å². The van der Waals surface area contributed by atoms with Crippen molar-refractivity contribution in [3.63, 3.8) is 0 Å². The van der Waals surface area contributed by atoms with Gasteiger partial charge in [-0.15, -0.1) is 0 Å². The molecule has 1 aliphatic heterocycles. The van der Waals surface area contributed by atoms with Gasteiger partial charge in [-0.05, 0) is 52.6 Å². The first-order valence-corrected chi connectivity index (χ1v) is 10.5. The van der Waals surface area contributed by atoms with Gasteiger partial charge in [-0.1, -0.05) is 33.3 Å². The van der Waals surface area contributed by atoms with Crippen molar-refractivity contribution in [2.75, 3.05) is 27.2 Å². The topological polar surface area (TPSA) is 79.0 Å². The van der Waals surface area contributed by atoms with Crippen LogP contribution >= 0.6 is 0 Å². The molecular formula is C22H39N3O4. The summed E-state index contributed by atoms with van der Waals surface area (Å²) in [5, 5.41) is 3.00. The molecule has 2 amide bonds. The van der Waals surface area contributed by atoms with Crippen LogP contribution in [0.15, 0.2) is 11.6 Å². The Labute approximate surface area is 175 Å². The highest BCUT2D eigenvalue weighted by Crippen LogP contribution is 2.23. The smallest absolute Gasteiger partial charge is 0.333 e. The molecule has 2 unspecified atom stereocenters. The van der Waals surface area contributed by atoms with Crippen molar-refractivity contribution in [3.8, 4) is 0 Å². The molecule has 0 saturated carbocycles. The second-order valence-corrected chi connectivity index (χ2v) is 9.06. The van der Waals surface area contributed by atoms with Crippen molar-refractivity contribution in [2.45, 2.75) is 78.9 Å². The van der Waals surface area contributed by atoms with E-state index in [0.29, 0.717) is 12.2 Å². The number of likely N-dealkylation sites (N-methyl/N-ethyl adjacent to an activating group) is 2. The summed E-state index contributed by atoms with van der Waals surface area (Å²) in [7, 11) is 3.65. The normalized spacial score (nSPS) is 20.6. The number of carbonyl (C=O) groups excluding carboxylic acids is 3. The highest BCUT2D eigenvalue weighted by molar-refractivity contribution is 5.91. The summed E-state index contributed by atoms with van der Waals surface area (Å²) >= 11 is 0. The molecule has 1 saturated heterocycles. The zero-order chi connectivity index (χ0) is 22.4. The molecule has 3 atom stereocenters. The van der Waals surface area contributed by atoms with E-state index >= 15 is 0 Å². The second kappa shape index (κ2) is 10.8. The maximum absolute atomic E-state index is 13.3. The first-order valence-electron chi connectivity index (χ1n) is 10.5. The summed E-state index contributed by atoms with van der Waals surface area (Å²) in [5.41, 5.74) is 0.00704. The lowest BCUT2D eigenvalue weighted by atomic mass is 9.85. The van der Waals surface area contributed by atoms with E-state index in [1.165, 1.54) is 0 Å². The summed E-state index contributed by atoms with van der Waals surface area (Å²) in [6.07, 6.45) is 4.63. The molecule has 166 valence electrons. The zero-order valence-corrected chi connectivity index (χ0v) is 19.4. The molecule has 29 heavy (non-hydrogen) atoms. The Kier molecular flexibility index (Phi) is 9.33. The van der Waals surface area contributed by atoms with E-state index in [1.54, 1.807) is 31.9 Å². The lowest BCUT2D eigenvalue weighted by Gasteiger charge is -2.38. The van der Waals surface area contributed by atoms with Gasteiger partial charge in [0.2, 0.25) is 11.8 Å². The van der Waals surface area contributed by atoms with Gasteiger partial charge in [0.25, 0.3) is 0 Å². The van der Waals surface area contributed by atoms with Gasteiger partial charge in [0, 0.05) is 18.7 Å². The van der Waals surface area contributed by atoms with Crippen molar-refractivity contribution in [3.05, 3.63) is 11.6 Å². The number of carbonyl (C=O) groups is 3. The summed E-state index contributed by atoms with van der Waals surface area (Å²) in [6, 6.07) is -1.17. The van der Waals surface area contributed by atoms with Crippen molar-refractivity contribution >= 4 is 17.8 Å². The lowest BCUT2D eigenvalue weighted by Crippen LogP contribution is -2.59. The van der Waals surface area contributed by atoms with Crippen LogP contribution < -0.4 is 5.32 Å². The van der Waals surface area contributed by atoms with Crippen LogP contribution in [0.25, 0.3) is 0 Å². The number of nitrogens with one attached hydrogen (secondary N) is 1. The molecule has 0 aromatic heterocycles. The number of hydrogen-bond acceptors (Lipinski definition) is 5. The predicted octanol–water partition coefficient (Wildman–Crippen LogP) is 2.36. The molecule has 1 aliphatic rings. The van der Waals surface area contributed by atoms with E-state index in [4.69, 9.17) is 4.74 Å². The average Bonchev–Trinajstić information content (AvgIpc) is 2.64. The maximum Gasteiger partial charge on any atom is 0.333 e. The molecule has 1 heterocycles. The number of piperidine rings is 1. The van der Waals surface area contributed by atoms with Crippen LogP contribution in [-0.4, -0.2) is 73.0 Å². The Morgan fingerprint density at radius 3 is 2.41 bits per heavy atom. The first kappa shape index (κ1) is 25.1. The molecule has 1 N–H and O–H groups in total. The number of likely N-dealkylation sites (tertiary alicyclic amines) is 1. The molecule has 0 aromatic rings. The molecule has 0 aliphatic carbocycles. The molecule has 0 spiro atoms. The number of esters is 1. The van der Waals surface area contributed by atoms with E-state index in [2.05, 4.69) is 10.2 Å². The van der Waals surface area contributed by atoms with Crippen molar-refractivity contribution < 1.29 is 19.1 Å². The quantitative estimate of drug-likeness (QED) is 0.516. The third kappa shape index (κ3) is 7.14. The second-order valence-electron chi connectivity index (χ2n) is 9.06. The predicted molar refractivity (Wildman–Crippen MR) is 114 cm³/mol. The van der Waals surface area contributed by atoms with Crippen molar-refractivity contribution in [1.82, 2.24) is 15.1 Å². The van der Waals surface area contributed by atoms with Gasteiger partial charge in [-0.2, -0.15) is 0 Å². The summed E-state index contributed by atoms with van der Waals surface area (Å²) < 4.78 is 5.00. The molecule has 0 radical (unpaired) electrons. The molecule has 1 fully saturated rings. The third-order valence-electron chi connectivity index (χ3n) is 5.52. The van der Waals surface area contributed by atoms with Crippen LogP contribution in [0, 0.1) is 5.41 Å². The lowest BCUT2D eigenvalue weighted by molar-refractivity contribution is -0.141. The van der Waals surface area contributed by atoms with E-state index in [0.717, 1.165) is 25.8 Å². The van der Waals surface area contributed by atoms with Gasteiger partial charge in [-0.25, -0.2) is 4.79 Å². The van der Waals surface area contributed by atoms with Gasteiger partial charge < -0.3 is 15.0 Å². The average molecular weight is 410 g/mol. The number of ether oxygens (including phenoxy) is 1. The SMILES string of the molecule is CCOC(=O)/C(C)=C/[C@H](C)N(C)C(=O)C(NC(=O)C1CCCCN1C)C(C)(C)C. The largest absolute Gasteiger partial charge is 0.463 e. The molecule has 7 nitrogen and oxygen atoms in total. The first-order chi connectivity index (χ1) is 13.4. The molecule has 1 rings (SSSR count). The Morgan fingerprint density at radius 1 is 1.28 bits per heavy atom. The summed E-state index contributed by atoms with van der Waals surface area (Å²) in [5.74, 6) is -0.661. The minimum absolute atomic E-state index is 0.0974. The van der Waals surface area contributed by atoms with E-state index in [1.807, 2.05) is 34.7 Å². The maximum atomic E-state index is 13.3. The molecule has 0 aromatic carbocycles. The van der Waals surface area contributed by atoms with Crippen LogP contribution in [0.2, 0.25) is 0 Å². The van der Waals surface area contributed by atoms with E-state index < -0.39 is 11.5 Å². The summed E-state index contributed by atoms with van der Waals surface area (Å²) in [4.78, 5) is 41.7. The van der Waals surface area contributed by atoms with Gasteiger partial charge >= 0.3 is 5.97 Å². The Balaban J connectivity index is 2.94. The van der Waals surface area contributed by atoms with Crippen molar-refractivity contribution in [2.24, 2.45) is 5.41 Å². The number of nitrogens with zero attached hydrogens (tertiary/aromatic N) is 2. The number of rotatable bonds is 7. The van der Waals surface area contributed by atoms with Crippen LogP contribution in [0.4, 0.5) is 0 Å².